The monoisotopic (exact) mass is 277 g/mol. The molecule has 0 amide bonds. The third-order valence-electron chi connectivity index (χ3n) is 3.31. The van der Waals surface area contributed by atoms with Crippen LogP contribution in [0.15, 0.2) is 12.4 Å². The second-order valence-corrected chi connectivity index (χ2v) is 4.85. The Balaban J connectivity index is 2.22. The van der Waals surface area contributed by atoms with Gasteiger partial charge in [-0.1, -0.05) is 6.92 Å². The zero-order valence-electron chi connectivity index (χ0n) is 12.4. The zero-order chi connectivity index (χ0) is 14.5. The lowest BCUT2D eigenvalue weighted by Crippen LogP contribution is -2.32. The fourth-order valence-corrected chi connectivity index (χ4v) is 2.38. The average molecular weight is 277 g/mol. The Morgan fingerprint density at radius 2 is 2.15 bits per heavy atom. The van der Waals surface area contributed by atoms with Crippen LogP contribution in [0.2, 0.25) is 0 Å². The van der Waals surface area contributed by atoms with Crippen LogP contribution >= 0.6 is 0 Å². The van der Waals surface area contributed by atoms with Gasteiger partial charge in [0.15, 0.2) is 0 Å². The van der Waals surface area contributed by atoms with Crippen LogP contribution in [0.5, 0.6) is 0 Å². The van der Waals surface area contributed by atoms with Crippen LogP contribution in [0.3, 0.4) is 0 Å². The van der Waals surface area contributed by atoms with E-state index in [2.05, 4.69) is 40.5 Å². The normalized spacial score (nSPS) is 12.8. The number of hydrogen-bond donors (Lipinski definition) is 2. The summed E-state index contributed by atoms with van der Waals surface area (Å²) in [5.74, 6) is 6.67. The molecule has 0 aliphatic carbocycles. The summed E-state index contributed by atoms with van der Waals surface area (Å²) in [4.78, 5) is 4.34. The van der Waals surface area contributed by atoms with Crippen LogP contribution in [-0.4, -0.2) is 24.5 Å². The van der Waals surface area contributed by atoms with E-state index in [1.165, 1.54) is 0 Å². The highest BCUT2D eigenvalue weighted by Crippen LogP contribution is 2.18. The zero-order valence-corrected chi connectivity index (χ0v) is 12.4. The Hall–Kier alpha value is -1.73. The fraction of sp³-hybridized carbons (Fsp3) is 0.615. The molecule has 7 nitrogen and oxygen atoms in total. The predicted molar refractivity (Wildman–Crippen MR) is 76.7 cm³/mol. The average Bonchev–Trinajstić information content (AvgIpc) is 3.03. The van der Waals surface area contributed by atoms with Crippen molar-refractivity contribution in [1.82, 2.24) is 30.0 Å². The van der Waals surface area contributed by atoms with E-state index in [4.69, 9.17) is 5.84 Å². The van der Waals surface area contributed by atoms with Crippen molar-refractivity contribution >= 4 is 0 Å². The second-order valence-electron chi connectivity index (χ2n) is 4.85. The summed E-state index contributed by atoms with van der Waals surface area (Å²) in [5, 5.41) is 8.71. The first-order valence-electron chi connectivity index (χ1n) is 7.06. The fourth-order valence-electron chi connectivity index (χ4n) is 2.38. The smallest absolute Gasteiger partial charge is 0.138 e. The van der Waals surface area contributed by atoms with E-state index in [9.17, 15) is 0 Å². The molecule has 0 aliphatic heterocycles. The molecule has 0 saturated heterocycles. The van der Waals surface area contributed by atoms with Gasteiger partial charge in [-0.15, -0.1) is 0 Å². The van der Waals surface area contributed by atoms with Crippen molar-refractivity contribution in [3.63, 3.8) is 0 Å². The van der Waals surface area contributed by atoms with E-state index in [0.717, 1.165) is 36.7 Å². The van der Waals surface area contributed by atoms with Crippen LogP contribution < -0.4 is 11.3 Å². The molecule has 1 unspecified atom stereocenters. The van der Waals surface area contributed by atoms with Gasteiger partial charge >= 0.3 is 0 Å². The third-order valence-corrected chi connectivity index (χ3v) is 3.31. The van der Waals surface area contributed by atoms with Crippen molar-refractivity contribution in [2.75, 3.05) is 0 Å². The van der Waals surface area contributed by atoms with Crippen LogP contribution in [0.25, 0.3) is 0 Å². The van der Waals surface area contributed by atoms with E-state index in [0.29, 0.717) is 6.42 Å². The summed E-state index contributed by atoms with van der Waals surface area (Å²) in [5.41, 5.74) is 4.95. The van der Waals surface area contributed by atoms with Gasteiger partial charge in [0, 0.05) is 19.5 Å². The summed E-state index contributed by atoms with van der Waals surface area (Å²) in [6.07, 6.45) is 3.33. The highest BCUT2D eigenvalue weighted by molar-refractivity contribution is 5.14. The molecule has 0 fully saturated rings. The molecule has 0 aliphatic rings. The van der Waals surface area contributed by atoms with Crippen molar-refractivity contribution in [3.8, 4) is 0 Å². The minimum Gasteiger partial charge on any atom is -0.271 e. The molecule has 3 N–H and O–H groups in total. The predicted octanol–water partition coefficient (Wildman–Crippen LogP) is 0.960. The lowest BCUT2D eigenvalue weighted by Gasteiger charge is -2.17. The van der Waals surface area contributed by atoms with Crippen molar-refractivity contribution in [1.29, 1.82) is 0 Å². The molecule has 110 valence electrons. The number of nitrogens with two attached hydrogens (primary N) is 1. The first-order chi connectivity index (χ1) is 9.69. The number of rotatable bonds is 7. The SMILES string of the molecule is CCCn1ncnc1CC(NN)c1cc(C)nn1CC. The van der Waals surface area contributed by atoms with Crippen molar-refractivity contribution in [2.45, 2.75) is 52.7 Å². The first-order valence-corrected chi connectivity index (χ1v) is 7.06. The largest absolute Gasteiger partial charge is 0.271 e. The van der Waals surface area contributed by atoms with Crippen molar-refractivity contribution in [2.24, 2.45) is 5.84 Å². The van der Waals surface area contributed by atoms with E-state index < -0.39 is 0 Å². The Bertz CT molecular complexity index is 543. The highest BCUT2D eigenvalue weighted by atomic mass is 15.3. The van der Waals surface area contributed by atoms with Gasteiger partial charge in [-0.3, -0.25) is 20.6 Å². The molecular formula is C13H23N7. The molecule has 2 aromatic rings. The molecule has 20 heavy (non-hydrogen) atoms. The Morgan fingerprint density at radius 3 is 2.80 bits per heavy atom. The molecular weight excluding hydrogens is 254 g/mol. The standard InChI is InChI=1S/C13H23N7/c1-4-6-20-13(15-9-16-20)8-11(17-14)12-7-10(3)18-19(12)5-2/h7,9,11,17H,4-6,8,14H2,1-3H3. The molecule has 2 rings (SSSR count). The number of nitrogens with zero attached hydrogens (tertiary/aromatic N) is 5. The van der Waals surface area contributed by atoms with Gasteiger partial charge in [0.25, 0.3) is 0 Å². The van der Waals surface area contributed by atoms with Gasteiger partial charge < -0.3 is 0 Å². The first kappa shape index (κ1) is 14.7. The molecule has 7 heteroatoms. The number of hydrogen-bond acceptors (Lipinski definition) is 5. The van der Waals surface area contributed by atoms with Crippen molar-refractivity contribution < 1.29 is 0 Å². The summed E-state index contributed by atoms with van der Waals surface area (Å²) >= 11 is 0. The Kier molecular flexibility index (Phi) is 4.86. The molecule has 0 radical (unpaired) electrons. The number of aryl methyl sites for hydroxylation is 3. The van der Waals surface area contributed by atoms with Crippen molar-refractivity contribution in [3.05, 3.63) is 29.6 Å². The van der Waals surface area contributed by atoms with Gasteiger partial charge in [-0.05, 0) is 26.3 Å². The maximum Gasteiger partial charge on any atom is 0.138 e. The topological polar surface area (TPSA) is 86.6 Å². The number of nitrogens with one attached hydrogen (secondary N) is 1. The Labute approximate surface area is 119 Å². The molecule has 0 saturated carbocycles. The minimum atomic E-state index is -0.0176. The van der Waals surface area contributed by atoms with Crippen LogP contribution in [-0.2, 0) is 19.5 Å². The minimum absolute atomic E-state index is 0.0176. The van der Waals surface area contributed by atoms with E-state index in [1.54, 1.807) is 6.33 Å². The second kappa shape index (κ2) is 6.62. The molecule has 2 heterocycles. The van der Waals surface area contributed by atoms with Gasteiger partial charge in [-0.25, -0.2) is 4.98 Å². The molecule has 2 aromatic heterocycles. The quantitative estimate of drug-likeness (QED) is 0.581. The van der Waals surface area contributed by atoms with Gasteiger partial charge in [0.05, 0.1) is 17.4 Å². The number of aromatic nitrogens is 5. The number of hydrazine groups is 1. The Morgan fingerprint density at radius 1 is 1.35 bits per heavy atom. The summed E-state index contributed by atoms with van der Waals surface area (Å²) in [6.45, 7) is 7.88. The van der Waals surface area contributed by atoms with Gasteiger partial charge in [-0.2, -0.15) is 10.2 Å². The van der Waals surface area contributed by atoms with E-state index in [-0.39, 0.29) is 6.04 Å². The summed E-state index contributed by atoms with van der Waals surface area (Å²) < 4.78 is 3.91. The van der Waals surface area contributed by atoms with E-state index >= 15 is 0 Å². The lowest BCUT2D eigenvalue weighted by molar-refractivity contribution is 0.463. The maximum absolute atomic E-state index is 5.73. The third kappa shape index (κ3) is 3.05. The summed E-state index contributed by atoms with van der Waals surface area (Å²) in [6, 6.07) is 2.05. The summed E-state index contributed by atoms with van der Waals surface area (Å²) in [7, 11) is 0. The molecule has 0 bridgehead atoms. The van der Waals surface area contributed by atoms with Crippen LogP contribution in [0.4, 0.5) is 0 Å². The van der Waals surface area contributed by atoms with Gasteiger partial charge in [0.1, 0.15) is 12.2 Å². The molecule has 0 spiro atoms. The van der Waals surface area contributed by atoms with Gasteiger partial charge in [0.2, 0.25) is 0 Å². The van der Waals surface area contributed by atoms with Crippen LogP contribution in [0.1, 0.15) is 43.5 Å². The van der Waals surface area contributed by atoms with E-state index in [1.807, 2.05) is 16.3 Å². The van der Waals surface area contributed by atoms with Crippen LogP contribution in [0, 0.1) is 6.92 Å². The molecule has 0 aromatic carbocycles. The highest BCUT2D eigenvalue weighted by Gasteiger charge is 2.19. The molecule has 1 atom stereocenters. The lowest BCUT2D eigenvalue weighted by atomic mass is 10.1. The maximum atomic E-state index is 5.73.